The standard InChI is InChI=1S/C13H17NO4/c1-3-5-13(15)12(9-14(16)17)10-6-4-7-11(8-10)18-2/h4,6-8,12H,3,5,9H2,1-2H3/t12-/m0/s1. The van der Waals surface area contributed by atoms with Gasteiger partial charge in [0, 0.05) is 11.3 Å². The van der Waals surface area contributed by atoms with Crippen LogP contribution >= 0.6 is 0 Å². The Morgan fingerprint density at radius 2 is 2.22 bits per heavy atom. The van der Waals surface area contributed by atoms with Crippen LogP contribution in [-0.4, -0.2) is 24.4 Å². The highest BCUT2D eigenvalue weighted by atomic mass is 16.6. The molecular formula is C13H17NO4. The normalized spacial score (nSPS) is 11.9. The number of ether oxygens (including phenoxy) is 1. The molecule has 98 valence electrons. The van der Waals surface area contributed by atoms with Crippen LogP contribution in [0.4, 0.5) is 0 Å². The van der Waals surface area contributed by atoms with E-state index in [2.05, 4.69) is 0 Å². The molecule has 1 rings (SSSR count). The molecule has 1 aromatic carbocycles. The molecule has 0 radical (unpaired) electrons. The minimum Gasteiger partial charge on any atom is -0.497 e. The molecule has 0 unspecified atom stereocenters. The maximum atomic E-state index is 11.9. The molecule has 0 saturated heterocycles. The highest BCUT2D eigenvalue weighted by Gasteiger charge is 2.25. The van der Waals surface area contributed by atoms with Crippen LogP contribution in [0, 0.1) is 10.1 Å². The summed E-state index contributed by atoms with van der Waals surface area (Å²) in [5.41, 5.74) is 0.643. The second-order valence-electron chi connectivity index (χ2n) is 4.06. The summed E-state index contributed by atoms with van der Waals surface area (Å²) in [4.78, 5) is 22.2. The average Bonchev–Trinajstić information content (AvgIpc) is 2.36. The van der Waals surface area contributed by atoms with Crippen molar-refractivity contribution in [2.24, 2.45) is 0 Å². The predicted octanol–water partition coefficient (Wildman–Crippen LogP) is 2.42. The summed E-state index contributed by atoms with van der Waals surface area (Å²) in [6.07, 6.45) is 1.05. The lowest BCUT2D eigenvalue weighted by atomic mass is 9.92. The zero-order valence-electron chi connectivity index (χ0n) is 10.6. The number of methoxy groups -OCH3 is 1. The number of Topliss-reactive ketones (excluding diaryl/α,β-unsaturated/α-hetero) is 1. The van der Waals surface area contributed by atoms with Gasteiger partial charge in [0.1, 0.15) is 17.5 Å². The molecule has 18 heavy (non-hydrogen) atoms. The van der Waals surface area contributed by atoms with Crippen LogP contribution in [0.15, 0.2) is 24.3 Å². The van der Waals surface area contributed by atoms with E-state index in [-0.39, 0.29) is 12.3 Å². The van der Waals surface area contributed by atoms with Crippen molar-refractivity contribution in [1.82, 2.24) is 0 Å². The third kappa shape index (κ3) is 3.84. The van der Waals surface area contributed by atoms with E-state index in [1.54, 1.807) is 24.3 Å². The summed E-state index contributed by atoms with van der Waals surface area (Å²) < 4.78 is 5.07. The van der Waals surface area contributed by atoms with Crippen molar-refractivity contribution in [2.45, 2.75) is 25.7 Å². The molecule has 0 aliphatic rings. The van der Waals surface area contributed by atoms with Gasteiger partial charge in [0.25, 0.3) is 0 Å². The Kier molecular flexibility index (Phi) is 5.30. The summed E-state index contributed by atoms with van der Waals surface area (Å²) in [5.74, 6) is -0.178. The van der Waals surface area contributed by atoms with Gasteiger partial charge in [-0.15, -0.1) is 0 Å². The molecule has 0 bridgehead atoms. The number of nitro groups is 1. The monoisotopic (exact) mass is 251 g/mol. The SMILES string of the molecule is CCCC(=O)[C@@H](C[N+](=O)[O-])c1cccc(OC)c1. The Bertz CT molecular complexity index is 431. The van der Waals surface area contributed by atoms with E-state index in [0.29, 0.717) is 24.2 Å². The lowest BCUT2D eigenvalue weighted by Gasteiger charge is -2.12. The van der Waals surface area contributed by atoms with E-state index in [4.69, 9.17) is 4.74 Å². The van der Waals surface area contributed by atoms with E-state index in [0.717, 1.165) is 0 Å². The number of carbonyl (C=O) groups excluding carboxylic acids is 1. The van der Waals surface area contributed by atoms with Crippen LogP contribution in [0.3, 0.4) is 0 Å². The molecule has 1 atom stereocenters. The van der Waals surface area contributed by atoms with Gasteiger partial charge in [0.15, 0.2) is 0 Å². The van der Waals surface area contributed by atoms with Gasteiger partial charge in [-0.05, 0) is 24.1 Å². The van der Waals surface area contributed by atoms with Crippen molar-refractivity contribution in [1.29, 1.82) is 0 Å². The highest BCUT2D eigenvalue weighted by Crippen LogP contribution is 2.23. The topological polar surface area (TPSA) is 69.4 Å². The fourth-order valence-corrected chi connectivity index (χ4v) is 1.82. The highest BCUT2D eigenvalue weighted by molar-refractivity contribution is 5.85. The molecule has 0 amide bonds. The first-order valence-electron chi connectivity index (χ1n) is 5.87. The number of rotatable bonds is 7. The molecule has 5 nitrogen and oxygen atoms in total. The number of ketones is 1. The zero-order chi connectivity index (χ0) is 13.5. The largest absolute Gasteiger partial charge is 0.497 e. The number of nitrogens with zero attached hydrogens (tertiary/aromatic N) is 1. The second-order valence-corrected chi connectivity index (χ2v) is 4.06. The van der Waals surface area contributed by atoms with E-state index in [1.165, 1.54) is 7.11 Å². The van der Waals surface area contributed by atoms with Crippen LogP contribution < -0.4 is 4.74 Å². The van der Waals surface area contributed by atoms with E-state index in [9.17, 15) is 14.9 Å². The van der Waals surface area contributed by atoms with Crippen LogP contribution in [-0.2, 0) is 4.79 Å². The van der Waals surface area contributed by atoms with Gasteiger partial charge in [-0.3, -0.25) is 14.9 Å². The third-order valence-corrected chi connectivity index (χ3v) is 2.71. The molecule has 0 saturated carbocycles. The fraction of sp³-hybridized carbons (Fsp3) is 0.462. The Morgan fingerprint density at radius 1 is 1.50 bits per heavy atom. The number of hydrogen-bond donors (Lipinski definition) is 0. The van der Waals surface area contributed by atoms with Crippen LogP contribution in [0.5, 0.6) is 5.75 Å². The molecule has 0 aliphatic heterocycles. The summed E-state index contributed by atoms with van der Waals surface area (Å²) in [6.45, 7) is 1.51. The molecule has 1 aromatic rings. The third-order valence-electron chi connectivity index (χ3n) is 2.71. The van der Waals surface area contributed by atoms with Gasteiger partial charge in [-0.1, -0.05) is 19.1 Å². The Balaban J connectivity index is 3.00. The zero-order valence-corrected chi connectivity index (χ0v) is 10.6. The Morgan fingerprint density at radius 3 is 2.78 bits per heavy atom. The van der Waals surface area contributed by atoms with Crippen molar-refractivity contribution in [3.63, 3.8) is 0 Å². The number of benzene rings is 1. The van der Waals surface area contributed by atoms with Gasteiger partial charge in [0.05, 0.1) is 7.11 Å². The Hall–Kier alpha value is -1.91. The van der Waals surface area contributed by atoms with Crippen molar-refractivity contribution in [3.05, 3.63) is 39.9 Å². The molecule has 5 heteroatoms. The summed E-state index contributed by atoms with van der Waals surface area (Å²) in [6, 6.07) is 6.89. The smallest absolute Gasteiger partial charge is 0.217 e. The Labute approximate surface area is 106 Å². The van der Waals surface area contributed by atoms with Crippen molar-refractivity contribution < 1.29 is 14.5 Å². The predicted molar refractivity (Wildman–Crippen MR) is 67.5 cm³/mol. The van der Waals surface area contributed by atoms with Gasteiger partial charge in [0.2, 0.25) is 6.54 Å². The van der Waals surface area contributed by atoms with E-state index >= 15 is 0 Å². The average molecular weight is 251 g/mol. The van der Waals surface area contributed by atoms with Gasteiger partial charge < -0.3 is 4.74 Å². The van der Waals surface area contributed by atoms with Crippen molar-refractivity contribution in [3.8, 4) is 5.75 Å². The summed E-state index contributed by atoms with van der Waals surface area (Å²) >= 11 is 0. The molecule has 0 N–H and O–H groups in total. The molecule has 0 spiro atoms. The van der Waals surface area contributed by atoms with Crippen LogP contribution in [0.25, 0.3) is 0 Å². The maximum Gasteiger partial charge on any atom is 0.217 e. The quantitative estimate of drug-likeness (QED) is 0.551. The molecule has 0 aliphatic carbocycles. The maximum absolute atomic E-state index is 11.9. The summed E-state index contributed by atoms with van der Waals surface area (Å²) in [5, 5.41) is 10.7. The first kappa shape index (κ1) is 14.2. The number of carbonyl (C=O) groups is 1. The first-order valence-corrected chi connectivity index (χ1v) is 5.87. The minimum absolute atomic E-state index is 0.0950. The lowest BCUT2D eigenvalue weighted by Crippen LogP contribution is -2.21. The molecule has 0 aromatic heterocycles. The van der Waals surface area contributed by atoms with E-state index in [1.807, 2.05) is 6.92 Å². The van der Waals surface area contributed by atoms with Gasteiger partial charge in [-0.2, -0.15) is 0 Å². The molecular weight excluding hydrogens is 234 g/mol. The van der Waals surface area contributed by atoms with Gasteiger partial charge in [-0.25, -0.2) is 0 Å². The van der Waals surface area contributed by atoms with Crippen LogP contribution in [0.2, 0.25) is 0 Å². The van der Waals surface area contributed by atoms with Crippen molar-refractivity contribution in [2.75, 3.05) is 13.7 Å². The summed E-state index contributed by atoms with van der Waals surface area (Å²) in [7, 11) is 1.52. The number of hydrogen-bond acceptors (Lipinski definition) is 4. The lowest BCUT2D eigenvalue weighted by molar-refractivity contribution is -0.481. The van der Waals surface area contributed by atoms with Crippen molar-refractivity contribution >= 4 is 5.78 Å². The molecule has 0 fully saturated rings. The van der Waals surface area contributed by atoms with Gasteiger partial charge >= 0.3 is 0 Å². The second kappa shape index (κ2) is 6.74. The molecule has 0 heterocycles. The minimum atomic E-state index is -0.685. The van der Waals surface area contributed by atoms with E-state index < -0.39 is 10.8 Å². The van der Waals surface area contributed by atoms with Crippen LogP contribution in [0.1, 0.15) is 31.2 Å². The first-order chi connectivity index (χ1) is 8.58. The fourth-order valence-electron chi connectivity index (χ4n) is 1.82.